The lowest BCUT2D eigenvalue weighted by atomic mass is 10.2. The van der Waals surface area contributed by atoms with Gasteiger partial charge in [-0.3, -0.25) is 4.79 Å². The van der Waals surface area contributed by atoms with Gasteiger partial charge in [-0.15, -0.1) is 0 Å². The molecule has 3 aromatic carbocycles. The maximum absolute atomic E-state index is 12.3. The van der Waals surface area contributed by atoms with Crippen LogP contribution < -0.4 is 19.6 Å². The van der Waals surface area contributed by atoms with E-state index < -0.39 is 0 Å². The van der Waals surface area contributed by atoms with E-state index in [9.17, 15) is 4.79 Å². The van der Waals surface area contributed by atoms with Gasteiger partial charge in [0.15, 0.2) is 11.5 Å². The van der Waals surface area contributed by atoms with Gasteiger partial charge in [0.05, 0.1) is 23.5 Å². The summed E-state index contributed by atoms with van der Waals surface area (Å²) in [7, 11) is 1.58. The molecule has 0 aliphatic heterocycles. The van der Waals surface area contributed by atoms with Crippen LogP contribution in [-0.2, 0) is 6.61 Å². The van der Waals surface area contributed by atoms with Gasteiger partial charge >= 0.3 is 0 Å². The Hall–Kier alpha value is -2.78. The first-order chi connectivity index (χ1) is 16.0. The number of nitrogens with one attached hydrogen (secondary N) is 1. The van der Waals surface area contributed by atoms with Crippen molar-refractivity contribution in [3.05, 3.63) is 85.9 Å². The smallest absolute Gasteiger partial charge is 0.271 e. The van der Waals surface area contributed by atoms with Crippen LogP contribution in [0.1, 0.15) is 34.8 Å². The van der Waals surface area contributed by atoms with Crippen molar-refractivity contribution in [2.75, 3.05) is 13.7 Å². The molecule has 0 aliphatic rings. The molecule has 3 rings (SSSR count). The van der Waals surface area contributed by atoms with Crippen LogP contribution in [0.2, 0.25) is 5.02 Å². The lowest BCUT2D eigenvalue weighted by Gasteiger charge is -2.13. The zero-order valence-corrected chi connectivity index (χ0v) is 21.2. The van der Waals surface area contributed by atoms with Crippen LogP contribution in [-0.4, -0.2) is 25.8 Å². The minimum atomic E-state index is -0.308. The van der Waals surface area contributed by atoms with Crippen molar-refractivity contribution in [2.24, 2.45) is 5.10 Å². The predicted molar refractivity (Wildman–Crippen MR) is 139 cm³/mol. The van der Waals surface area contributed by atoms with Crippen molar-refractivity contribution in [1.82, 2.24) is 5.43 Å². The van der Waals surface area contributed by atoms with Crippen LogP contribution >= 0.6 is 34.2 Å². The Balaban J connectivity index is 1.62. The number of amides is 1. The third-order valence-corrected chi connectivity index (χ3v) is 5.57. The molecule has 0 fully saturated rings. The van der Waals surface area contributed by atoms with E-state index in [1.54, 1.807) is 43.7 Å². The molecule has 3 aromatic rings. The van der Waals surface area contributed by atoms with Crippen LogP contribution in [0.4, 0.5) is 0 Å². The molecule has 0 heterocycles. The molecule has 1 N–H and O–H groups in total. The van der Waals surface area contributed by atoms with E-state index >= 15 is 0 Å². The first kappa shape index (κ1) is 24.9. The molecule has 6 nitrogen and oxygen atoms in total. The number of halogens is 2. The summed E-state index contributed by atoms with van der Waals surface area (Å²) in [4.78, 5) is 12.3. The Bertz CT molecular complexity index is 1100. The number of nitrogens with zero attached hydrogens (tertiary/aromatic N) is 1. The van der Waals surface area contributed by atoms with E-state index in [1.165, 1.54) is 0 Å². The molecule has 1 amide bonds. The maximum Gasteiger partial charge on any atom is 0.271 e. The average Bonchev–Trinajstić information content (AvgIpc) is 2.83. The van der Waals surface area contributed by atoms with Crippen molar-refractivity contribution in [1.29, 1.82) is 0 Å². The van der Waals surface area contributed by atoms with E-state index in [4.69, 9.17) is 25.8 Å². The molecule has 8 heteroatoms. The molecular weight excluding hydrogens is 555 g/mol. The Morgan fingerprint density at radius 2 is 1.82 bits per heavy atom. The fourth-order valence-electron chi connectivity index (χ4n) is 2.84. The highest BCUT2D eigenvalue weighted by Crippen LogP contribution is 2.34. The van der Waals surface area contributed by atoms with Crippen LogP contribution in [0.5, 0.6) is 17.2 Å². The van der Waals surface area contributed by atoms with Gasteiger partial charge in [-0.05, 0) is 88.7 Å². The summed E-state index contributed by atoms with van der Waals surface area (Å²) in [6.45, 7) is 3.07. The van der Waals surface area contributed by atoms with Gasteiger partial charge in [0, 0.05) is 10.6 Å². The van der Waals surface area contributed by atoms with Gasteiger partial charge in [0.2, 0.25) is 0 Å². The summed E-state index contributed by atoms with van der Waals surface area (Å²) in [5.41, 5.74) is 4.79. The lowest BCUT2D eigenvalue weighted by Crippen LogP contribution is -2.17. The predicted octanol–water partition coefficient (Wildman–Crippen LogP) is 6.08. The first-order valence-corrected chi connectivity index (χ1v) is 11.8. The summed E-state index contributed by atoms with van der Waals surface area (Å²) in [6, 6.07) is 18.1. The average molecular weight is 579 g/mol. The SMILES string of the molecule is CCCOc1ccc(C(=O)N/N=C/c2cc(I)c(OCc3ccc(Cl)cc3)c(OC)c2)cc1. The van der Waals surface area contributed by atoms with Gasteiger partial charge in [-0.25, -0.2) is 5.43 Å². The van der Waals surface area contributed by atoms with Gasteiger partial charge in [-0.1, -0.05) is 30.7 Å². The second-order valence-electron chi connectivity index (χ2n) is 7.02. The highest BCUT2D eigenvalue weighted by atomic mass is 127. The Morgan fingerprint density at radius 3 is 2.48 bits per heavy atom. The molecule has 0 aromatic heterocycles. The van der Waals surface area contributed by atoms with Crippen LogP contribution in [0, 0.1) is 3.57 Å². The summed E-state index contributed by atoms with van der Waals surface area (Å²) in [5.74, 6) is 1.64. The van der Waals surface area contributed by atoms with Gasteiger partial charge < -0.3 is 14.2 Å². The lowest BCUT2D eigenvalue weighted by molar-refractivity contribution is 0.0955. The van der Waals surface area contributed by atoms with E-state index in [-0.39, 0.29) is 5.91 Å². The molecule has 33 heavy (non-hydrogen) atoms. The third-order valence-electron chi connectivity index (χ3n) is 4.52. The Labute approximate surface area is 212 Å². The molecule has 0 saturated carbocycles. The summed E-state index contributed by atoms with van der Waals surface area (Å²) in [5, 5.41) is 4.75. The number of hydrazone groups is 1. The van der Waals surface area contributed by atoms with E-state index in [2.05, 4.69) is 33.1 Å². The quantitative estimate of drug-likeness (QED) is 0.180. The van der Waals surface area contributed by atoms with Crippen molar-refractivity contribution in [3.63, 3.8) is 0 Å². The topological polar surface area (TPSA) is 69.2 Å². The molecule has 0 radical (unpaired) electrons. The monoisotopic (exact) mass is 578 g/mol. The Morgan fingerprint density at radius 1 is 1.09 bits per heavy atom. The zero-order valence-electron chi connectivity index (χ0n) is 18.3. The second kappa shape index (κ2) is 12.5. The number of rotatable bonds is 10. The molecule has 0 aliphatic carbocycles. The summed E-state index contributed by atoms with van der Waals surface area (Å²) in [6.07, 6.45) is 2.49. The largest absolute Gasteiger partial charge is 0.494 e. The molecule has 0 bridgehead atoms. The standard InChI is InChI=1S/C25H24ClIN2O4/c1-3-12-32-21-10-6-19(7-11-21)25(30)29-28-15-18-13-22(27)24(23(14-18)31-2)33-16-17-4-8-20(26)9-5-17/h4-11,13-15H,3,12,16H2,1-2H3,(H,29,30)/b28-15+. The summed E-state index contributed by atoms with van der Waals surface area (Å²) < 4.78 is 17.9. The Kier molecular flexibility index (Phi) is 9.38. The molecule has 0 unspecified atom stereocenters. The summed E-state index contributed by atoms with van der Waals surface area (Å²) >= 11 is 8.12. The molecular formula is C25H24ClIN2O4. The van der Waals surface area contributed by atoms with Gasteiger partial charge in [-0.2, -0.15) is 5.10 Å². The van der Waals surface area contributed by atoms with Crippen LogP contribution in [0.15, 0.2) is 65.8 Å². The number of benzene rings is 3. The van der Waals surface area contributed by atoms with Crippen LogP contribution in [0.3, 0.4) is 0 Å². The maximum atomic E-state index is 12.3. The second-order valence-corrected chi connectivity index (χ2v) is 8.62. The number of hydrogen-bond acceptors (Lipinski definition) is 5. The van der Waals surface area contributed by atoms with Crippen molar-refractivity contribution < 1.29 is 19.0 Å². The third kappa shape index (κ3) is 7.36. The molecule has 0 atom stereocenters. The number of methoxy groups -OCH3 is 1. The number of hydrogen-bond donors (Lipinski definition) is 1. The van der Waals surface area contributed by atoms with Crippen molar-refractivity contribution in [3.8, 4) is 17.2 Å². The van der Waals surface area contributed by atoms with E-state index in [0.717, 1.165) is 26.9 Å². The molecule has 172 valence electrons. The van der Waals surface area contributed by atoms with Crippen molar-refractivity contribution >= 4 is 46.3 Å². The molecule has 0 spiro atoms. The minimum Gasteiger partial charge on any atom is -0.494 e. The minimum absolute atomic E-state index is 0.308. The van der Waals surface area contributed by atoms with E-state index in [0.29, 0.717) is 35.3 Å². The van der Waals surface area contributed by atoms with Gasteiger partial charge in [0.1, 0.15) is 12.4 Å². The molecule has 0 saturated heterocycles. The highest BCUT2D eigenvalue weighted by molar-refractivity contribution is 14.1. The number of ether oxygens (including phenoxy) is 3. The first-order valence-electron chi connectivity index (χ1n) is 10.3. The van der Waals surface area contributed by atoms with Crippen molar-refractivity contribution in [2.45, 2.75) is 20.0 Å². The van der Waals surface area contributed by atoms with Crippen LogP contribution in [0.25, 0.3) is 0 Å². The number of carbonyl (C=O) groups excluding carboxylic acids is 1. The zero-order chi connectivity index (χ0) is 23.6. The van der Waals surface area contributed by atoms with E-state index in [1.807, 2.05) is 37.3 Å². The fraction of sp³-hybridized carbons (Fsp3) is 0.200. The highest BCUT2D eigenvalue weighted by Gasteiger charge is 2.12. The normalized spacial score (nSPS) is 10.8. The fourth-order valence-corrected chi connectivity index (χ4v) is 3.75. The number of carbonyl (C=O) groups is 1. The van der Waals surface area contributed by atoms with Gasteiger partial charge in [0.25, 0.3) is 5.91 Å².